The van der Waals surface area contributed by atoms with Crippen molar-refractivity contribution in [2.24, 2.45) is 0 Å². The SMILES string of the molecule is O=C(Cn1cccc(C(F)(F)F)c1=O)NC(CO)c1ccco1. The summed E-state index contributed by atoms with van der Waals surface area (Å²) >= 11 is 0. The first-order valence-corrected chi connectivity index (χ1v) is 6.53. The van der Waals surface area contributed by atoms with Crippen molar-refractivity contribution in [2.75, 3.05) is 6.61 Å². The van der Waals surface area contributed by atoms with Gasteiger partial charge in [-0.1, -0.05) is 0 Å². The molecule has 0 aliphatic carbocycles. The van der Waals surface area contributed by atoms with E-state index >= 15 is 0 Å². The number of nitrogens with one attached hydrogen (secondary N) is 1. The van der Waals surface area contributed by atoms with Crippen molar-refractivity contribution in [2.45, 2.75) is 18.8 Å². The predicted octanol–water partition coefficient (Wildman–Crippen LogP) is 1.31. The molecular weight excluding hydrogens is 317 g/mol. The quantitative estimate of drug-likeness (QED) is 0.866. The Morgan fingerprint density at radius 1 is 1.35 bits per heavy atom. The first-order chi connectivity index (χ1) is 10.8. The van der Waals surface area contributed by atoms with Gasteiger partial charge in [0.2, 0.25) is 5.91 Å². The van der Waals surface area contributed by atoms with Crippen LogP contribution in [0.5, 0.6) is 0 Å². The van der Waals surface area contributed by atoms with Gasteiger partial charge in [0.05, 0.1) is 12.9 Å². The largest absolute Gasteiger partial charge is 0.467 e. The number of nitrogens with zero attached hydrogens (tertiary/aromatic N) is 1. The summed E-state index contributed by atoms with van der Waals surface area (Å²) in [5.74, 6) is -0.445. The van der Waals surface area contributed by atoms with Crippen molar-refractivity contribution >= 4 is 5.91 Å². The topological polar surface area (TPSA) is 84.5 Å². The zero-order chi connectivity index (χ0) is 17.0. The highest BCUT2D eigenvalue weighted by Crippen LogP contribution is 2.25. The molecule has 0 saturated heterocycles. The Kier molecular flexibility index (Phi) is 4.89. The Bertz CT molecular complexity index is 722. The van der Waals surface area contributed by atoms with Crippen LogP contribution < -0.4 is 10.9 Å². The van der Waals surface area contributed by atoms with Crippen molar-refractivity contribution in [3.8, 4) is 0 Å². The summed E-state index contributed by atoms with van der Waals surface area (Å²) in [6.07, 6.45) is -2.36. The van der Waals surface area contributed by atoms with Gasteiger partial charge in [0.25, 0.3) is 5.56 Å². The van der Waals surface area contributed by atoms with E-state index in [1.165, 1.54) is 12.3 Å². The number of amides is 1. The number of carbonyl (C=O) groups excluding carboxylic acids is 1. The molecule has 0 spiro atoms. The second-order valence-corrected chi connectivity index (χ2v) is 4.67. The van der Waals surface area contributed by atoms with Gasteiger partial charge in [0.15, 0.2) is 0 Å². The number of alkyl halides is 3. The molecule has 2 heterocycles. The summed E-state index contributed by atoms with van der Waals surface area (Å²) in [5.41, 5.74) is -2.66. The van der Waals surface area contributed by atoms with Gasteiger partial charge in [-0.2, -0.15) is 13.2 Å². The molecule has 0 aromatic carbocycles. The van der Waals surface area contributed by atoms with Crippen molar-refractivity contribution in [1.29, 1.82) is 0 Å². The molecule has 0 saturated carbocycles. The second-order valence-electron chi connectivity index (χ2n) is 4.67. The van der Waals surface area contributed by atoms with Crippen molar-refractivity contribution < 1.29 is 27.5 Å². The van der Waals surface area contributed by atoms with Gasteiger partial charge in [-0.3, -0.25) is 9.59 Å². The van der Waals surface area contributed by atoms with Crippen LogP contribution in [0.25, 0.3) is 0 Å². The van der Waals surface area contributed by atoms with Gasteiger partial charge in [0, 0.05) is 6.20 Å². The van der Waals surface area contributed by atoms with Gasteiger partial charge in [-0.15, -0.1) is 0 Å². The lowest BCUT2D eigenvalue weighted by atomic mass is 10.2. The Morgan fingerprint density at radius 2 is 2.09 bits per heavy atom. The Hall–Kier alpha value is -2.55. The zero-order valence-electron chi connectivity index (χ0n) is 11.7. The van der Waals surface area contributed by atoms with E-state index in [9.17, 15) is 27.9 Å². The zero-order valence-corrected chi connectivity index (χ0v) is 11.7. The number of aliphatic hydroxyl groups excluding tert-OH is 1. The number of hydrogen-bond donors (Lipinski definition) is 2. The second kappa shape index (κ2) is 6.69. The van der Waals surface area contributed by atoms with E-state index < -0.39 is 42.4 Å². The standard InChI is InChI=1S/C14H13F3N2O4/c15-14(16,17)9-3-1-5-19(13(9)22)7-12(21)18-10(8-20)11-4-2-6-23-11/h1-6,10,20H,7-8H2,(H,18,21). The van der Waals surface area contributed by atoms with Crippen LogP contribution in [0.15, 0.2) is 45.9 Å². The minimum absolute atomic E-state index is 0.289. The summed E-state index contributed by atoms with van der Waals surface area (Å²) in [6.45, 7) is -1.07. The monoisotopic (exact) mass is 330 g/mol. The van der Waals surface area contributed by atoms with Crippen LogP contribution in [-0.2, 0) is 17.5 Å². The summed E-state index contributed by atoms with van der Waals surface area (Å²) < 4.78 is 43.7. The van der Waals surface area contributed by atoms with Crippen LogP contribution in [0, 0.1) is 0 Å². The molecule has 9 heteroatoms. The maximum absolute atomic E-state index is 12.7. The molecule has 6 nitrogen and oxygen atoms in total. The van der Waals surface area contributed by atoms with Crippen molar-refractivity contribution in [1.82, 2.24) is 9.88 Å². The fourth-order valence-corrected chi connectivity index (χ4v) is 1.97. The average molecular weight is 330 g/mol. The molecule has 2 aromatic rings. The van der Waals surface area contributed by atoms with Crippen LogP contribution >= 0.6 is 0 Å². The minimum atomic E-state index is -4.79. The minimum Gasteiger partial charge on any atom is -0.467 e. The van der Waals surface area contributed by atoms with E-state index in [2.05, 4.69) is 5.32 Å². The highest BCUT2D eigenvalue weighted by atomic mass is 19.4. The molecule has 0 aliphatic heterocycles. The summed E-state index contributed by atoms with van der Waals surface area (Å²) in [6, 6.07) is 3.92. The molecule has 2 rings (SSSR count). The van der Waals surface area contributed by atoms with E-state index in [0.717, 1.165) is 12.3 Å². The lowest BCUT2D eigenvalue weighted by Crippen LogP contribution is -2.37. The maximum Gasteiger partial charge on any atom is 0.421 e. The number of furan rings is 1. The van der Waals surface area contributed by atoms with Gasteiger partial charge < -0.3 is 19.4 Å². The van der Waals surface area contributed by atoms with Crippen LogP contribution in [0.2, 0.25) is 0 Å². The first kappa shape index (κ1) is 16.8. The first-order valence-electron chi connectivity index (χ1n) is 6.53. The van der Waals surface area contributed by atoms with E-state index in [1.54, 1.807) is 6.07 Å². The average Bonchev–Trinajstić information content (AvgIpc) is 2.99. The normalized spacial score (nSPS) is 12.9. The van der Waals surface area contributed by atoms with Crippen molar-refractivity contribution in [3.63, 3.8) is 0 Å². The van der Waals surface area contributed by atoms with Crippen LogP contribution in [0.3, 0.4) is 0 Å². The van der Waals surface area contributed by atoms with E-state index in [4.69, 9.17) is 4.42 Å². The van der Waals surface area contributed by atoms with Gasteiger partial charge in [-0.25, -0.2) is 0 Å². The molecule has 0 radical (unpaired) electrons. The third-order valence-corrected chi connectivity index (χ3v) is 3.04. The molecular formula is C14H13F3N2O4. The van der Waals surface area contributed by atoms with Crippen molar-refractivity contribution in [3.05, 3.63) is 58.4 Å². The molecule has 1 amide bonds. The number of rotatable bonds is 5. The molecule has 1 atom stereocenters. The fraction of sp³-hybridized carbons (Fsp3) is 0.286. The molecule has 0 fully saturated rings. The van der Waals surface area contributed by atoms with Gasteiger partial charge >= 0.3 is 6.18 Å². The number of aliphatic hydroxyl groups is 1. The molecule has 23 heavy (non-hydrogen) atoms. The van der Waals surface area contributed by atoms with Crippen LogP contribution in [-0.4, -0.2) is 22.2 Å². The van der Waals surface area contributed by atoms with Crippen LogP contribution in [0.1, 0.15) is 17.4 Å². The Morgan fingerprint density at radius 3 is 2.65 bits per heavy atom. The highest BCUT2D eigenvalue weighted by Gasteiger charge is 2.34. The number of hydrogen-bond acceptors (Lipinski definition) is 4. The number of pyridine rings is 1. The highest BCUT2D eigenvalue weighted by molar-refractivity contribution is 5.76. The molecule has 0 bridgehead atoms. The summed E-state index contributed by atoms with van der Waals surface area (Å²) in [5, 5.41) is 11.6. The number of halogens is 3. The fourth-order valence-electron chi connectivity index (χ4n) is 1.97. The van der Waals surface area contributed by atoms with Gasteiger partial charge in [-0.05, 0) is 24.3 Å². The van der Waals surface area contributed by atoms with E-state index in [1.807, 2.05) is 0 Å². The predicted molar refractivity (Wildman–Crippen MR) is 72.4 cm³/mol. The number of carbonyl (C=O) groups is 1. The molecule has 124 valence electrons. The molecule has 0 aliphatic rings. The maximum atomic E-state index is 12.7. The molecule has 2 aromatic heterocycles. The summed E-state index contributed by atoms with van der Waals surface area (Å²) in [7, 11) is 0. The number of aromatic nitrogens is 1. The third kappa shape index (κ3) is 4.01. The Labute approximate surface area is 128 Å². The van der Waals surface area contributed by atoms with E-state index in [-0.39, 0.29) is 5.76 Å². The van der Waals surface area contributed by atoms with Crippen LogP contribution in [0.4, 0.5) is 13.2 Å². The lowest BCUT2D eigenvalue weighted by Gasteiger charge is -2.15. The summed E-state index contributed by atoms with van der Waals surface area (Å²) in [4.78, 5) is 23.6. The smallest absolute Gasteiger partial charge is 0.421 e. The third-order valence-electron chi connectivity index (χ3n) is 3.04. The molecule has 1 unspecified atom stereocenters. The molecule has 2 N–H and O–H groups in total. The van der Waals surface area contributed by atoms with Gasteiger partial charge in [0.1, 0.15) is 23.9 Å². The Balaban J connectivity index is 2.13. The lowest BCUT2D eigenvalue weighted by molar-refractivity contribution is -0.139. The van der Waals surface area contributed by atoms with E-state index in [0.29, 0.717) is 10.6 Å².